The zero-order valence-electron chi connectivity index (χ0n) is 13.3. The van der Waals surface area contributed by atoms with E-state index in [-0.39, 0.29) is 12.1 Å². The number of H-pyrrole nitrogens is 1. The highest BCUT2D eigenvalue weighted by Gasteiger charge is 2.34. The minimum atomic E-state index is -4.73. The number of benzene rings is 1. The Morgan fingerprint density at radius 1 is 1.12 bits per heavy atom. The van der Waals surface area contributed by atoms with E-state index in [9.17, 15) is 17.6 Å². The number of aromatic amines is 1. The normalized spacial score (nSPS) is 12.0. The molecule has 8 heteroatoms. The van der Waals surface area contributed by atoms with Gasteiger partial charge < -0.3 is 4.98 Å². The third kappa shape index (κ3) is 2.83. The summed E-state index contributed by atoms with van der Waals surface area (Å²) >= 11 is 0. The summed E-state index contributed by atoms with van der Waals surface area (Å²) in [6, 6.07) is 6.94. The van der Waals surface area contributed by atoms with Crippen LogP contribution in [0.2, 0.25) is 0 Å². The summed E-state index contributed by atoms with van der Waals surface area (Å²) in [6.45, 7) is -0.100. The number of pyridine rings is 1. The Balaban J connectivity index is 1.67. The number of rotatable bonds is 3. The maximum Gasteiger partial charge on any atom is 0.419 e. The number of alkyl halides is 3. The van der Waals surface area contributed by atoms with E-state index >= 15 is 0 Å². The number of nitrogens with one attached hydrogen (secondary N) is 1. The van der Waals surface area contributed by atoms with Gasteiger partial charge in [-0.1, -0.05) is 12.1 Å². The zero-order valence-corrected chi connectivity index (χ0v) is 13.3. The number of fused-ring (bicyclic) bond motifs is 1. The third-order valence-electron chi connectivity index (χ3n) is 4.12. The maximum atomic E-state index is 14.2. The highest BCUT2D eigenvalue weighted by Crippen LogP contribution is 2.33. The van der Waals surface area contributed by atoms with Crippen molar-refractivity contribution in [1.29, 1.82) is 0 Å². The molecule has 0 saturated carbocycles. The van der Waals surface area contributed by atoms with Crippen molar-refractivity contribution in [2.45, 2.75) is 12.7 Å². The van der Waals surface area contributed by atoms with Gasteiger partial charge in [-0.2, -0.15) is 18.3 Å². The number of nitrogens with zero attached hydrogens (tertiary/aromatic N) is 3. The molecule has 132 valence electrons. The first-order chi connectivity index (χ1) is 12.4. The van der Waals surface area contributed by atoms with E-state index in [1.165, 1.54) is 16.8 Å². The molecule has 0 aliphatic heterocycles. The molecule has 0 spiro atoms. The Morgan fingerprint density at radius 2 is 1.96 bits per heavy atom. The summed E-state index contributed by atoms with van der Waals surface area (Å²) in [5.41, 5.74) is 1.03. The van der Waals surface area contributed by atoms with Crippen LogP contribution >= 0.6 is 0 Å². The second-order valence-electron chi connectivity index (χ2n) is 5.80. The SMILES string of the molecule is Fc1c(Cn2cc(-c3ccnc4[nH]ccc34)cn2)cccc1C(F)(F)F. The summed E-state index contributed by atoms with van der Waals surface area (Å²) in [4.78, 5) is 7.22. The number of hydrogen-bond donors (Lipinski definition) is 1. The van der Waals surface area contributed by atoms with Gasteiger partial charge in [0.1, 0.15) is 11.5 Å². The summed E-state index contributed by atoms with van der Waals surface area (Å²) in [5, 5.41) is 5.05. The van der Waals surface area contributed by atoms with Crippen molar-refractivity contribution >= 4 is 11.0 Å². The second kappa shape index (κ2) is 5.98. The minimum absolute atomic E-state index is 0.0732. The lowest BCUT2D eigenvalue weighted by atomic mass is 10.1. The van der Waals surface area contributed by atoms with Crippen LogP contribution in [0.4, 0.5) is 17.6 Å². The van der Waals surface area contributed by atoms with Crippen LogP contribution in [0.3, 0.4) is 0 Å². The van der Waals surface area contributed by atoms with Gasteiger partial charge >= 0.3 is 6.18 Å². The Hall–Kier alpha value is -3.16. The van der Waals surface area contributed by atoms with E-state index < -0.39 is 17.6 Å². The quantitative estimate of drug-likeness (QED) is 0.542. The van der Waals surface area contributed by atoms with E-state index in [0.29, 0.717) is 0 Å². The molecule has 1 N–H and O–H groups in total. The van der Waals surface area contributed by atoms with Gasteiger partial charge in [0, 0.05) is 35.1 Å². The van der Waals surface area contributed by atoms with Crippen LogP contribution in [-0.4, -0.2) is 19.7 Å². The van der Waals surface area contributed by atoms with Crippen LogP contribution in [0.25, 0.3) is 22.2 Å². The van der Waals surface area contributed by atoms with Crippen molar-refractivity contribution in [3.8, 4) is 11.1 Å². The van der Waals surface area contributed by atoms with Gasteiger partial charge in [-0.05, 0) is 23.8 Å². The minimum Gasteiger partial charge on any atom is -0.346 e. The highest BCUT2D eigenvalue weighted by atomic mass is 19.4. The van der Waals surface area contributed by atoms with E-state index in [2.05, 4.69) is 15.1 Å². The van der Waals surface area contributed by atoms with Crippen LogP contribution < -0.4 is 0 Å². The van der Waals surface area contributed by atoms with Crippen molar-refractivity contribution in [2.75, 3.05) is 0 Å². The summed E-state index contributed by atoms with van der Waals surface area (Å²) < 4.78 is 54.1. The molecule has 4 aromatic rings. The van der Waals surface area contributed by atoms with Crippen LogP contribution in [0.15, 0.2) is 55.1 Å². The van der Waals surface area contributed by atoms with Gasteiger partial charge in [0.25, 0.3) is 0 Å². The third-order valence-corrected chi connectivity index (χ3v) is 4.12. The predicted octanol–water partition coefficient (Wildman–Crippen LogP) is 4.63. The molecule has 4 rings (SSSR count). The fourth-order valence-corrected chi connectivity index (χ4v) is 2.90. The van der Waals surface area contributed by atoms with Gasteiger partial charge in [0.05, 0.1) is 18.3 Å². The molecule has 0 amide bonds. The van der Waals surface area contributed by atoms with Gasteiger partial charge in [-0.3, -0.25) is 4.68 Å². The molecule has 0 atom stereocenters. The molecule has 0 radical (unpaired) electrons. The average Bonchev–Trinajstić information content (AvgIpc) is 3.24. The van der Waals surface area contributed by atoms with Crippen LogP contribution in [-0.2, 0) is 12.7 Å². The first-order valence-electron chi connectivity index (χ1n) is 7.73. The monoisotopic (exact) mass is 360 g/mol. The first-order valence-corrected chi connectivity index (χ1v) is 7.73. The van der Waals surface area contributed by atoms with E-state index in [4.69, 9.17) is 0 Å². The van der Waals surface area contributed by atoms with Gasteiger partial charge in [-0.25, -0.2) is 9.37 Å². The van der Waals surface area contributed by atoms with E-state index in [0.717, 1.165) is 28.2 Å². The standard InChI is InChI=1S/C18H12F4N4/c19-16-11(2-1-3-15(16)18(20,21)22)9-26-10-12(8-25-26)13-4-6-23-17-14(13)5-7-24-17/h1-8,10H,9H2,(H,23,24). The maximum absolute atomic E-state index is 14.2. The highest BCUT2D eigenvalue weighted by molar-refractivity contribution is 5.92. The number of aromatic nitrogens is 4. The van der Waals surface area contributed by atoms with Crippen molar-refractivity contribution < 1.29 is 17.6 Å². The molecule has 0 bridgehead atoms. The molecule has 0 fully saturated rings. The molecule has 26 heavy (non-hydrogen) atoms. The van der Waals surface area contributed by atoms with Crippen molar-refractivity contribution in [1.82, 2.24) is 19.7 Å². The van der Waals surface area contributed by atoms with Gasteiger partial charge in [0.2, 0.25) is 0 Å². The smallest absolute Gasteiger partial charge is 0.346 e. The molecule has 0 aliphatic carbocycles. The molecule has 0 unspecified atom stereocenters. The summed E-state index contributed by atoms with van der Waals surface area (Å²) in [6.07, 6.45) is 1.95. The first kappa shape index (κ1) is 16.3. The number of halogens is 4. The Kier molecular flexibility index (Phi) is 3.75. The molecule has 4 nitrogen and oxygen atoms in total. The van der Waals surface area contributed by atoms with Crippen molar-refractivity contribution in [2.24, 2.45) is 0 Å². The van der Waals surface area contributed by atoms with Gasteiger partial charge in [-0.15, -0.1) is 0 Å². The fourth-order valence-electron chi connectivity index (χ4n) is 2.90. The van der Waals surface area contributed by atoms with Crippen molar-refractivity contribution in [3.05, 3.63) is 72.1 Å². The van der Waals surface area contributed by atoms with Crippen LogP contribution in [0.5, 0.6) is 0 Å². The molecule has 1 aromatic carbocycles. The van der Waals surface area contributed by atoms with E-state index in [1.54, 1.807) is 24.8 Å². The lowest BCUT2D eigenvalue weighted by molar-refractivity contribution is -0.140. The lowest BCUT2D eigenvalue weighted by Crippen LogP contribution is -2.11. The molecule has 0 aliphatic rings. The molecule has 3 aromatic heterocycles. The largest absolute Gasteiger partial charge is 0.419 e. The van der Waals surface area contributed by atoms with Crippen molar-refractivity contribution in [3.63, 3.8) is 0 Å². The molecule has 0 saturated heterocycles. The average molecular weight is 360 g/mol. The Bertz CT molecular complexity index is 1080. The molecular formula is C18H12F4N4. The van der Waals surface area contributed by atoms with Gasteiger partial charge in [0.15, 0.2) is 0 Å². The predicted molar refractivity (Wildman–Crippen MR) is 87.8 cm³/mol. The van der Waals surface area contributed by atoms with E-state index in [1.807, 2.05) is 12.1 Å². The fraction of sp³-hybridized carbons (Fsp3) is 0.111. The second-order valence-corrected chi connectivity index (χ2v) is 5.80. The Labute approximate surface area is 145 Å². The summed E-state index contributed by atoms with van der Waals surface area (Å²) in [5.74, 6) is -1.27. The lowest BCUT2D eigenvalue weighted by Gasteiger charge is -2.11. The number of hydrogen-bond acceptors (Lipinski definition) is 2. The molecule has 3 heterocycles. The topological polar surface area (TPSA) is 46.5 Å². The van der Waals surface area contributed by atoms with Crippen LogP contribution in [0, 0.1) is 5.82 Å². The Morgan fingerprint density at radius 3 is 2.77 bits per heavy atom. The molecular weight excluding hydrogens is 348 g/mol. The van der Waals surface area contributed by atoms with Crippen LogP contribution in [0.1, 0.15) is 11.1 Å². The zero-order chi connectivity index (χ0) is 18.3. The summed E-state index contributed by atoms with van der Waals surface area (Å²) in [7, 11) is 0.